The van der Waals surface area contributed by atoms with E-state index >= 15 is 0 Å². The van der Waals surface area contributed by atoms with Gasteiger partial charge in [-0.3, -0.25) is 4.79 Å². The topological polar surface area (TPSA) is 81.7 Å². The zero-order chi connectivity index (χ0) is 20.8. The summed E-state index contributed by atoms with van der Waals surface area (Å²) in [5, 5.41) is 6.06. The maximum Gasteiger partial charge on any atom is 0.255 e. The number of carbonyl (C=O) groups excluding carboxylic acids is 1. The zero-order valence-electron chi connectivity index (χ0n) is 16.8. The molecule has 0 atom stereocenters. The molecule has 1 heterocycles. The first-order valence-electron chi connectivity index (χ1n) is 8.95. The van der Waals surface area contributed by atoms with Crippen LogP contribution < -0.4 is 24.8 Å². The van der Waals surface area contributed by atoms with E-state index in [4.69, 9.17) is 14.2 Å². The third-order valence-electron chi connectivity index (χ3n) is 4.30. The number of methoxy groups -OCH3 is 3. The highest BCUT2D eigenvalue weighted by atomic mass is 16.5. The lowest BCUT2D eigenvalue weighted by Crippen LogP contribution is -2.13. The van der Waals surface area contributed by atoms with Crippen LogP contribution in [0.5, 0.6) is 17.2 Å². The number of amides is 1. The number of aromatic nitrogens is 1. The molecule has 2 N–H and O–H groups in total. The van der Waals surface area contributed by atoms with Crippen molar-refractivity contribution in [3.05, 3.63) is 65.9 Å². The molecule has 1 aromatic heterocycles. The Balaban J connectivity index is 1.81. The average molecular weight is 393 g/mol. The number of hydrogen-bond acceptors (Lipinski definition) is 6. The molecular formula is C22H23N3O4. The van der Waals surface area contributed by atoms with Crippen molar-refractivity contribution in [3.8, 4) is 17.2 Å². The summed E-state index contributed by atoms with van der Waals surface area (Å²) >= 11 is 0. The van der Waals surface area contributed by atoms with Crippen LogP contribution in [0.4, 0.5) is 17.2 Å². The van der Waals surface area contributed by atoms with Crippen molar-refractivity contribution in [2.75, 3.05) is 32.0 Å². The van der Waals surface area contributed by atoms with Crippen molar-refractivity contribution < 1.29 is 19.0 Å². The van der Waals surface area contributed by atoms with Gasteiger partial charge in [-0.1, -0.05) is 6.07 Å². The summed E-state index contributed by atoms with van der Waals surface area (Å²) < 4.78 is 15.9. The van der Waals surface area contributed by atoms with Crippen LogP contribution >= 0.6 is 0 Å². The van der Waals surface area contributed by atoms with Crippen LogP contribution in [0.3, 0.4) is 0 Å². The molecule has 3 aromatic rings. The molecule has 1 amide bonds. The number of aryl methyl sites for hydroxylation is 1. The Bertz CT molecular complexity index is 1020. The first-order chi connectivity index (χ1) is 14.0. The lowest BCUT2D eigenvalue weighted by Gasteiger charge is -2.13. The van der Waals surface area contributed by atoms with E-state index in [1.54, 1.807) is 50.7 Å². The minimum absolute atomic E-state index is 0.282. The first-order valence-corrected chi connectivity index (χ1v) is 8.95. The highest BCUT2D eigenvalue weighted by molar-refractivity contribution is 6.05. The second kappa shape index (κ2) is 8.97. The molecule has 0 saturated heterocycles. The standard InChI is InChI=1S/C22H23N3O4/c1-14-5-8-19(28-3)18(11-14)24-21-12-15(9-10-23-21)22(26)25-17-7-6-16(27-2)13-20(17)29-4/h5-13H,1-4H3,(H,23,24)(H,25,26). The Hall–Kier alpha value is -3.74. The maximum absolute atomic E-state index is 12.7. The Morgan fingerprint density at radius 2 is 1.66 bits per heavy atom. The summed E-state index contributed by atoms with van der Waals surface area (Å²) in [6, 6.07) is 14.3. The Kier molecular flexibility index (Phi) is 6.19. The van der Waals surface area contributed by atoms with E-state index < -0.39 is 0 Å². The summed E-state index contributed by atoms with van der Waals surface area (Å²) in [6.07, 6.45) is 1.57. The molecule has 0 bridgehead atoms. The highest BCUT2D eigenvalue weighted by Crippen LogP contribution is 2.30. The number of anilines is 3. The van der Waals surface area contributed by atoms with Crippen molar-refractivity contribution in [2.24, 2.45) is 0 Å². The number of hydrogen-bond donors (Lipinski definition) is 2. The molecular weight excluding hydrogens is 370 g/mol. The molecule has 0 saturated carbocycles. The van der Waals surface area contributed by atoms with Crippen LogP contribution in [-0.4, -0.2) is 32.2 Å². The van der Waals surface area contributed by atoms with Gasteiger partial charge in [-0.15, -0.1) is 0 Å². The van der Waals surface area contributed by atoms with E-state index in [0.717, 1.165) is 11.3 Å². The Morgan fingerprint density at radius 3 is 2.38 bits per heavy atom. The van der Waals surface area contributed by atoms with E-state index in [2.05, 4.69) is 15.6 Å². The fraction of sp³-hybridized carbons (Fsp3) is 0.182. The third kappa shape index (κ3) is 4.76. The van der Waals surface area contributed by atoms with Gasteiger partial charge >= 0.3 is 0 Å². The van der Waals surface area contributed by atoms with Crippen LogP contribution in [-0.2, 0) is 0 Å². The van der Waals surface area contributed by atoms with Crippen LogP contribution in [0.1, 0.15) is 15.9 Å². The molecule has 2 aromatic carbocycles. The van der Waals surface area contributed by atoms with Crippen LogP contribution in [0.2, 0.25) is 0 Å². The molecule has 0 aliphatic rings. The molecule has 0 unspecified atom stereocenters. The molecule has 7 heteroatoms. The summed E-state index contributed by atoms with van der Waals surface area (Å²) in [5.74, 6) is 2.09. The predicted octanol–water partition coefficient (Wildman–Crippen LogP) is 4.41. The highest BCUT2D eigenvalue weighted by Gasteiger charge is 2.12. The van der Waals surface area contributed by atoms with Gasteiger partial charge in [-0.05, 0) is 48.9 Å². The molecule has 0 radical (unpaired) electrons. The molecule has 0 aliphatic carbocycles. The van der Waals surface area contributed by atoms with E-state index in [1.165, 1.54) is 7.11 Å². The van der Waals surface area contributed by atoms with Crippen molar-refractivity contribution in [1.29, 1.82) is 0 Å². The van der Waals surface area contributed by atoms with Gasteiger partial charge in [0.25, 0.3) is 5.91 Å². The van der Waals surface area contributed by atoms with Gasteiger partial charge in [0.1, 0.15) is 23.1 Å². The summed E-state index contributed by atoms with van der Waals surface area (Å²) in [5.41, 5.74) is 2.85. The Labute approximate surface area is 169 Å². The van der Waals surface area contributed by atoms with Crippen molar-refractivity contribution in [3.63, 3.8) is 0 Å². The second-order valence-electron chi connectivity index (χ2n) is 6.28. The number of ether oxygens (including phenoxy) is 3. The van der Waals surface area contributed by atoms with Gasteiger partial charge < -0.3 is 24.8 Å². The van der Waals surface area contributed by atoms with Crippen LogP contribution in [0, 0.1) is 6.92 Å². The molecule has 7 nitrogen and oxygen atoms in total. The SMILES string of the molecule is COc1ccc(NC(=O)c2ccnc(Nc3cc(C)ccc3OC)c2)c(OC)c1. The lowest BCUT2D eigenvalue weighted by atomic mass is 10.2. The largest absolute Gasteiger partial charge is 0.497 e. The van der Waals surface area contributed by atoms with Gasteiger partial charge in [0.2, 0.25) is 0 Å². The minimum Gasteiger partial charge on any atom is -0.497 e. The third-order valence-corrected chi connectivity index (χ3v) is 4.30. The van der Waals surface area contributed by atoms with Crippen LogP contribution in [0.15, 0.2) is 54.7 Å². The first kappa shape index (κ1) is 20.0. The van der Waals surface area contributed by atoms with Crippen molar-refractivity contribution in [2.45, 2.75) is 6.92 Å². The average Bonchev–Trinajstić information content (AvgIpc) is 2.74. The molecule has 150 valence electrons. The quantitative estimate of drug-likeness (QED) is 0.619. The summed E-state index contributed by atoms with van der Waals surface area (Å²) in [7, 11) is 4.71. The number of pyridine rings is 1. The minimum atomic E-state index is -0.282. The van der Waals surface area contributed by atoms with Gasteiger partial charge in [0, 0.05) is 17.8 Å². The monoisotopic (exact) mass is 393 g/mol. The fourth-order valence-electron chi connectivity index (χ4n) is 2.79. The van der Waals surface area contributed by atoms with E-state index in [1.807, 2.05) is 25.1 Å². The van der Waals surface area contributed by atoms with Crippen molar-refractivity contribution in [1.82, 2.24) is 4.98 Å². The summed E-state index contributed by atoms with van der Waals surface area (Å²) in [6.45, 7) is 1.99. The number of carbonyl (C=O) groups is 1. The zero-order valence-corrected chi connectivity index (χ0v) is 16.8. The molecule has 29 heavy (non-hydrogen) atoms. The Morgan fingerprint density at radius 1 is 0.862 bits per heavy atom. The predicted molar refractivity (Wildman–Crippen MR) is 113 cm³/mol. The van der Waals surface area contributed by atoms with E-state index in [9.17, 15) is 4.79 Å². The molecule has 3 rings (SSSR count). The van der Waals surface area contributed by atoms with Gasteiger partial charge in [-0.25, -0.2) is 4.98 Å². The van der Waals surface area contributed by atoms with Gasteiger partial charge in [0.15, 0.2) is 0 Å². The van der Waals surface area contributed by atoms with Crippen LogP contribution in [0.25, 0.3) is 0 Å². The molecule has 0 spiro atoms. The fourth-order valence-corrected chi connectivity index (χ4v) is 2.79. The number of rotatable bonds is 7. The lowest BCUT2D eigenvalue weighted by molar-refractivity contribution is 0.102. The normalized spacial score (nSPS) is 10.2. The second-order valence-corrected chi connectivity index (χ2v) is 6.28. The molecule has 0 aliphatic heterocycles. The number of nitrogens with one attached hydrogen (secondary N) is 2. The van der Waals surface area contributed by atoms with Gasteiger partial charge in [0.05, 0.1) is 32.7 Å². The molecule has 0 fully saturated rings. The van der Waals surface area contributed by atoms with E-state index in [-0.39, 0.29) is 5.91 Å². The van der Waals surface area contributed by atoms with Crippen molar-refractivity contribution >= 4 is 23.1 Å². The number of benzene rings is 2. The van der Waals surface area contributed by atoms with Gasteiger partial charge in [-0.2, -0.15) is 0 Å². The number of nitrogens with zero attached hydrogens (tertiary/aromatic N) is 1. The summed E-state index contributed by atoms with van der Waals surface area (Å²) in [4.78, 5) is 17.0. The maximum atomic E-state index is 12.7. The van der Waals surface area contributed by atoms with E-state index in [0.29, 0.717) is 34.3 Å². The smallest absolute Gasteiger partial charge is 0.255 e.